The van der Waals surface area contributed by atoms with Crippen molar-refractivity contribution in [2.24, 2.45) is 0 Å². The fourth-order valence-electron chi connectivity index (χ4n) is 3.50. The van der Waals surface area contributed by atoms with E-state index in [2.05, 4.69) is 35.3 Å². The van der Waals surface area contributed by atoms with Gasteiger partial charge in [0.2, 0.25) is 15.9 Å². The van der Waals surface area contributed by atoms with Crippen molar-refractivity contribution in [3.8, 4) is 0 Å². The molecule has 0 spiro atoms. The van der Waals surface area contributed by atoms with Crippen LogP contribution in [-0.4, -0.2) is 57.1 Å². The second-order valence-electron chi connectivity index (χ2n) is 7.41. The summed E-state index contributed by atoms with van der Waals surface area (Å²) in [7, 11) is -3.30. The first-order chi connectivity index (χ1) is 13.9. The lowest BCUT2D eigenvalue weighted by molar-refractivity contribution is -0.120. The Kier molecular flexibility index (Phi) is 7.28. The number of hydrogen-bond acceptors (Lipinski definition) is 4. The van der Waals surface area contributed by atoms with Crippen molar-refractivity contribution < 1.29 is 13.2 Å². The lowest BCUT2D eigenvalue weighted by Crippen LogP contribution is -2.49. The number of rotatable bonds is 8. The molecule has 1 heterocycles. The van der Waals surface area contributed by atoms with Crippen molar-refractivity contribution in [3.63, 3.8) is 0 Å². The molecule has 1 N–H and O–H groups in total. The highest BCUT2D eigenvalue weighted by molar-refractivity contribution is 7.89. The SMILES string of the molecule is Cc1cccc(N2CCN(S(=O)(=O)CCCNC(=O)Cc3ccccc3)CC2)c1. The number of amides is 1. The number of hydrogen-bond donors (Lipinski definition) is 1. The molecule has 0 atom stereocenters. The Hall–Kier alpha value is -2.38. The van der Waals surface area contributed by atoms with E-state index in [1.165, 1.54) is 5.56 Å². The van der Waals surface area contributed by atoms with Crippen LogP contribution in [0.25, 0.3) is 0 Å². The fourth-order valence-corrected chi connectivity index (χ4v) is 4.99. The number of aryl methyl sites for hydroxylation is 1. The van der Waals surface area contributed by atoms with Gasteiger partial charge in [0.1, 0.15) is 0 Å². The highest BCUT2D eigenvalue weighted by Crippen LogP contribution is 2.19. The van der Waals surface area contributed by atoms with Gasteiger partial charge in [-0.1, -0.05) is 42.5 Å². The van der Waals surface area contributed by atoms with Crippen LogP contribution < -0.4 is 10.2 Å². The highest BCUT2D eigenvalue weighted by atomic mass is 32.2. The van der Waals surface area contributed by atoms with Gasteiger partial charge in [-0.2, -0.15) is 4.31 Å². The average Bonchev–Trinajstić information content (AvgIpc) is 2.72. The van der Waals surface area contributed by atoms with E-state index in [4.69, 9.17) is 0 Å². The van der Waals surface area contributed by atoms with Crippen molar-refractivity contribution in [1.82, 2.24) is 9.62 Å². The molecular weight excluding hydrogens is 386 g/mol. The van der Waals surface area contributed by atoms with Crippen LogP contribution in [-0.2, 0) is 21.2 Å². The van der Waals surface area contributed by atoms with Gasteiger partial charge >= 0.3 is 0 Å². The Bertz CT molecular complexity index is 908. The third-order valence-electron chi connectivity index (χ3n) is 5.11. The summed E-state index contributed by atoms with van der Waals surface area (Å²) in [6.45, 7) is 4.80. The molecule has 1 fully saturated rings. The van der Waals surface area contributed by atoms with E-state index in [0.29, 0.717) is 45.6 Å². The van der Waals surface area contributed by atoms with Gasteiger partial charge in [0.25, 0.3) is 0 Å². The van der Waals surface area contributed by atoms with Crippen LogP contribution >= 0.6 is 0 Å². The zero-order chi connectivity index (χ0) is 20.7. The van der Waals surface area contributed by atoms with Crippen LogP contribution in [0.5, 0.6) is 0 Å². The standard InChI is InChI=1S/C22H29N3O3S/c1-19-7-5-10-21(17-19)24-12-14-25(15-13-24)29(27,28)16-6-11-23-22(26)18-20-8-3-2-4-9-20/h2-5,7-10,17H,6,11-16,18H2,1H3,(H,23,26). The molecule has 2 aromatic carbocycles. The summed E-state index contributed by atoms with van der Waals surface area (Å²) in [5.74, 6) is -0.0244. The van der Waals surface area contributed by atoms with Crippen LogP contribution in [0, 0.1) is 6.92 Å². The highest BCUT2D eigenvalue weighted by Gasteiger charge is 2.26. The van der Waals surface area contributed by atoms with Crippen molar-refractivity contribution >= 4 is 21.6 Å². The molecule has 7 heteroatoms. The van der Waals surface area contributed by atoms with E-state index < -0.39 is 10.0 Å². The number of nitrogens with zero attached hydrogens (tertiary/aromatic N) is 2. The topological polar surface area (TPSA) is 69.7 Å². The molecule has 0 unspecified atom stereocenters. The summed E-state index contributed by atoms with van der Waals surface area (Å²) in [6, 6.07) is 17.8. The van der Waals surface area contributed by atoms with Crippen molar-refractivity contribution in [1.29, 1.82) is 0 Å². The van der Waals surface area contributed by atoms with Crippen LogP contribution in [0.4, 0.5) is 5.69 Å². The normalized spacial score (nSPS) is 15.3. The molecule has 1 saturated heterocycles. The van der Waals surface area contributed by atoms with Gasteiger partial charge < -0.3 is 10.2 Å². The Balaban J connectivity index is 1.39. The minimum atomic E-state index is -3.30. The summed E-state index contributed by atoms with van der Waals surface area (Å²) in [6.07, 6.45) is 0.732. The van der Waals surface area contributed by atoms with Gasteiger partial charge in [-0.05, 0) is 36.6 Å². The van der Waals surface area contributed by atoms with Crippen LogP contribution in [0.2, 0.25) is 0 Å². The number of sulfonamides is 1. The summed E-state index contributed by atoms with van der Waals surface area (Å²) in [5.41, 5.74) is 3.29. The number of carbonyl (C=O) groups is 1. The largest absolute Gasteiger partial charge is 0.369 e. The maximum absolute atomic E-state index is 12.6. The fraction of sp³-hybridized carbons (Fsp3) is 0.409. The Morgan fingerprint density at radius 2 is 1.72 bits per heavy atom. The molecule has 0 saturated carbocycles. The first-order valence-electron chi connectivity index (χ1n) is 10.0. The molecule has 6 nitrogen and oxygen atoms in total. The maximum atomic E-state index is 12.6. The molecule has 1 aliphatic rings. The second-order valence-corrected chi connectivity index (χ2v) is 9.50. The minimum absolute atomic E-state index is 0.0586. The maximum Gasteiger partial charge on any atom is 0.224 e. The monoisotopic (exact) mass is 415 g/mol. The number of benzene rings is 2. The molecule has 1 aliphatic heterocycles. The van der Waals surface area contributed by atoms with Crippen LogP contribution in [0.15, 0.2) is 54.6 Å². The molecule has 3 rings (SSSR count). The zero-order valence-corrected chi connectivity index (χ0v) is 17.7. The predicted molar refractivity (Wildman–Crippen MR) is 117 cm³/mol. The Labute approximate surface area is 173 Å². The van der Waals surface area contributed by atoms with Crippen LogP contribution in [0.3, 0.4) is 0 Å². The van der Waals surface area contributed by atoms with E-state index in [0.717, 1.165) is 11.3 Å². The number of piperazine rings is 1. The molecule has 0 radical (unpaired) electrons. The van der Waals surface area contributed by atoms with Crippen molar-refractivity contribution in [3.05, 3.63) is 65.7 Å². The van der Waals surface area contributed by atoms with Gasteiger partial charge in [-0.25, -0.2) is 8.42 Å². The number of carbonyl (C=O) groups excluding carboxylic acids is 1. The lowest BCUT2D eigenvalue weighted by Gasteiger charge is -2.35. The third kappa shape index (κ3) is 6.30. The second kappa shape index (κ2) is 9.89. The summed E-state index contributed by atoms with van der Waals surface area (Å²) < 4.78 is 26.8. The lowest BCUT2D eigenvalue weighted by atomic mass is 10.1. The molecule has 0 bridgehead atoms. The summed E-state index contributed by atoms with van der Waals surface area (Å²) in [4.78, 5) is 14.2. The van der Waals surface area contributed by atoms with E-state index in [1.54, 1.807) is 4.31 Å². The van der Waals surface area contributed by atoms with Gasteiger partial charge in [-0.15, -0.1) is 0 Å². The molecule has 156 valence electrons. The first-order valence-corrected chi connectivity index (χ1v) is 11.6. The first kappa shape index (κ1) is 21.3. The van der Waals surface area contributed by atoms with E-state index in [9.17, 15) is 13.2 Å². The van der Waals surface area contributed by atoms with E-state index in [-0.39, 0.29) is 11.7 Å². The molecule has 0 aromatic heterocycles. The quantitative estimate of drug-likeness (QED) is 0.671. The average molecular weight is 416 g/mol. The third-order valence-corrected chi connectivity index (χ3v) is 7.06. The van der Waals surface area contributed by atoms with Gasteiger partial charge in [0, 0.05) is 38.4 Å². The van der Waals surface area contributed by atoms with Crippen LogP contribution in [0.1, 0.15) is 17.5 Å². The van der Waals surface area contributed by atoms with Crippen molar-refractivity contribution in [2.45, 2.75) is 19.8 Å². The van der Waals surface area contributed by atoms with Crippen molar-refractivity contribution in [2.75, 3.05) is 43.4 Å². The molecule has 1 amide bonds. The van der Waals surface area contributed by atoms with E-state index in [1.807, 2.05) is 36.4 Å². The Morgan fingerprint density at radius 3 is 2.41 bits per heavy atom. The summed E-state index contributed by atoms with van der Waals surface area (Å²) in [5, 5.41) is 2.81. The van der Waals surface area contributed by atoms with E-state index >= 15 is 0 Å². The zero-order valence-electron chi connectivity index (χ0n) is 16.9. The minimum Gasteiger partial charge on any atom is -0.369 e. The van der Waals surface area contributed by atoms with Gasteiger partial charge in [-0.3, -0.25) is 4.79 Å². The summed E-state index contributed by atoms with van der Waals surface area (Å²) >= 11 is 0. The smallest absolute Gasteiger partial charge is 0.224 e. The molecule has 2 aromatic rings. The molecular formula is C22H29N3O3S. The molecule has 29 heavy (non-hydrogen) atoms. The van der Waals surface area contributed by atoms with Gasteiger partial charge in [0.05, 0.1) is 12.2 Å². The molecule has 0 aliphatic carbocycles. The Morgan fingerprint density at radius 1 is 1.00 bits per heavy atom. The number of nitrogens with one attached hydrogen (secondary N) is 1. The number of anilines is 1. The van der Waals surface area contributed by atoms with Gasteiger partial charge in [0.15, 0.2) is 0 Å². The predicted octanol–water partition coefficient (Wildman–Crippen LogP) is 2.20.